The molecule has 3 heterocycles. The molecule has 13 rings (SSSR count). The first-order valence-corrected chi connectivity index (χ1v) is 21.8. The molecule has 0 unspecified atom stereocenters. The standard InChI is InChI=1S/C58H41N3O/c1-2-14-41(15-3-1)60-51-20-9-6-17-46(51)48-36-34-44(37-54(48)60)59(53-22-12-24-56-57(53)50-19-8-11-23-55(50)62-56)42-30-25-38(26-31-42)39-27-32-43(33-28-39)61-52-21-10-7-18-47(52)49-35-29-40-13-4-5-16-45(40)58(49)61/h1-3,5-12,14-25,27-30,32-37H,4,13,26,31H2. The zero-order valence-corrected chi connectivity index (χ0v) is 34.1. The summed E-state index contributed by atoms with van der Waals surface area (Å²) in [5.74, 6) is 0. The minimum absolute atomic E-state index is 0.880. The van der Waals surface area contributed by atoms with Gasteiger partial charge in [0.05, 0.1) is 33.1 Å². The number of hydrogen-bond acceptors (Lipinski definition) is 2. The Balaban J connectivity index is 0.947. The van der Waals surface area contributed by atoms with E-state index in [1.54, 1.807) is 0 Å². The first kappa shape index (κ1) is 35.0. The second-order valence-electron chi connectivity index (χ2n) is 16.7. The second kappa shape index (κ2) is 13.9. The summed E-state index contributed by atoms with van der Waals surface area (Å²) >= 11 is 0. The zero-order chi connectivity index (χ0) is 40.7. The van der Waals surface area contributed by atoms with Crippen LogP contribution in [0.5, 0.6) is 0 Å². The van der Waals surface area contributed by atoms with Crippen LogP contribution in [-0.2, 0) is 6.42 Å². The van der Waals surface area contributed by atoms with Crippen LogP contribution in [0.2, 0.25) is 0 Å². The molecule has 0 amide bonds. The number of furan rings is 1. The molecule has 4 heteroatoms. The highest BCUT2D eigenvalue weighted by Crippen LogP contribution is 2.45. The van der Waals surface area contributed by atoms with E-state index in [2.05, 4.69) is 208 Å². The second-order valence-corrected chi connectivity index (χ2v) is 16.7. The lowest BCUT2D eigenvalue weighted by Gasteiger charge is -2.30. The van der Waals surface area contributed by atoms with Crippen LogP contribution in [0.1, 0.15) is 36.0 Å². The Morgan fingerprint density at radius 1 is 0.484 bits per heavy atom. The van der Waals surface area contributed by atoms with Crippen LogP contribution in [0.4, 0.5) is 11.4 Å². The topological polar surface area (TPSA) is 26.2 Å². The van der Waals surface area contributed by atoms with Crippen LogP contribution in [-0.4, -0.2) is 9.13 Å². The molecule has 4 nitrogen and oxygen atoms in total. The van der Waals surface area contributed by atoms with E-state index in [-0.39, 0.29) is 0 Å². The van der Waals surface area contributed by atoms with E-state index in [4.69, 9.17) is 4.42 Å². The van der Waals surface area contributed by atoms with Crippen molar-refractivity contribution in [1.29, 1.82) is 0 Å². The lowest BCUT2D eigenvalue weighted by Crippen LogP contribution is -2.18. The summed E-state index contributed by atoms with van der Waals surface area (Å²) in [6.45, 7) is 0. The fourth-order valence-corrected chi connectivity index (χ4v) is 10.5. The summed E-state index contributed by atoms with van der Waals surface area (Å²) in [6.07, 6.45) is 13.3. The van der Waals surface area contributed by atoms with Gasteiger partial charge in [0.15, 0.2) is 0 Å². The molecule has 0 spiro atoms. The average Bonchev–Trinajstić information content (AvgIpc) is 4.00. The Bertz CT molecular complexity index is 3690. The number of hydrogen-bond donors (Lipinski definition) is 0. The van der Waals surface area contributed by atoms with Gasteiger partial charge in [0.2, 0.25) is 0 Å². The molecule has 2 aliphatic rings. The molecule has 0 saturated heterocycles. The van der Waals surface area contributed by atoms with Crippen LogP contribution in [0.15, 0.2) is 204 Å². The molecule has 8 aromatic carbocycles. The molecule has 2 aliphatic carbocycles. The van der Waals surface area contributed by atoms with E-state index in [0.717, 1.165) is 64.7 Å². The normalized spacial score (nSPS) is 14.0. The van der Waals surface area contributed by atoms with Crippen molar-refractivity contribution in [2.24, 2.45) is 0 Å². The number of anilines is 2. The third kappa shape index (κ3) is 5.33. The number of allylic oxidation sites excluding steroid dienone is 5. The quantitative estimate of drug-likeness (QED) is 0.168. The van der Waals surface area contributed by atoms with E-state index in [1.165, 1.54) is 77.3 Å². The van der Waals surface area contributed by atoms with Crippen molar-refractivity contribution in [2.75, 3.05) is 4.90 Å². The van der Waals surface area contributed by atoms with Crippen molar-refractivity contribution in [3.63, 3.8) is 0 Å². The molecule has 0 atom stereocenters. The summed E-state index contributed by atoms with van der Waals surface area (Å²) in [5, 5.41) is 7.34. The Morgan fingerprint density at radius 3 is 2.00 bits per heavy atom. The highest BCUT2D eigenvalue weighted by atomic mass is 16.3. The van der Waals surface area contributed by atoms with E-state index in [1.807, 2.05) is 6.07 Å². The number of para-hydroxylation sites is 4. The van der Waals surface area contributed by atoms with Gasteiger partial charge in [0.25, 0.3) is 0 Å². The summed E-state index contributed by atoms with van der Waals surface area (Å²) in [5.41, 5.74) is 17.9. The molecule has 0 saturated carbocycles. The summed E-state index contributed by atoms with van der Waals surface area (Å²) in [7, 11) is 0. The minimum Gasteiger partial charge on any atom is -0.456 e. The molecule has 294 valence electrons. The zero-order valence-electron chi connectivity index (χ0n) is 34.1. The van der Waals surface area contributed by atoms with Gasteiger partial charge in [-0.3, -0.25) is 0 Å². The minimum atomic E-state index is 0.880. The monoisotopic (exact) mass is 795 g/mol. The van der Waals surface area contributed by atoms with Gasteiger partial charge in [0, 0.05) is 55.3 Å². The molecule has 0 bridgehead atoms. The number of rotatable bonds is 6. The highest BCUT2D eigenvalue weighted by Gasteiger charge is 2.24. The maximum Gasteiger partial charge on any atom is 0.137 e. The van der Waals surface area contributed by atoms with Crippen molar-refractivity contribution >= 4 is 88.6 Å². The van der Waals surface area contributed by atoms with E-state index < -0.39 is 0 Å². The smallest absolute Gasteiger partial charge is 0.137 e. The lowest BCUT2D eigenvalue weighted by molar-refractivity contribution is 0.669. The summed E-state index contributed by atoms with van der Waals surface area (Å²) in [4.78, 5) is 2.48. The van der Waals surface area contributed by atoms with Gasteiger partial charge >= 0.3 is 0 Å². The molecule has 62 heavy (non-hydrogen) atoms. The number of aryl methyl sites for hydroxylation is 1. The number of aromatic nitrogens is 2. The predicted octanol–water partition coefficient (Wildman–Crippen LogP) is 15.6. The Kier molecular flexibility index (Phi) is 7.83. The van der Waals surface area contributed by atoms with Gasteiger partial charge in [0.1, 0.15) is 11.2 Å². The van der Waals surface area contributed by atoms with Gasteiger partial charge < -0.3 is 18.5 Å². The summed E-state index contributed by atoms with van der Waals surface area (Å²) in [6, 6.07) is 64.1. The lowest BCUT2D eigenvalue weighted by atomic mass is 9.94. The van der Waals surface area contributed by atoms with Gasteiger partial charge in [-0.25, -0.2) is 0 Å². The first-order chi connectivity index (χ1) is 30.8. The van der Waals surface area contributed by atoms with Gasteiger partial charge in [-0.2, -0.15) is 0 Å². The van der Waals surface area contributed by atoms with Crippen LogP contribution >= 0.6 is 0 Å². The van der Waals surface area contributed by atoms with Crippen LogP contribution in [0.3, 0.4) is 0 Å². The molecule has 3 aromatic heterocycles. The third-order valence-corrected chi connectivity index (χ3v) is 13.3. The summed E-state index contributed by atoms with van der Waals surface area (Å²) < 4.78 is 11.4. The van der Waals surface area contributed by atoms with Crippen molar-refractivity contribution in [1.82, 2.24) is 9.13 Å². The van der Waals surface area contributed by atoms with E-state index >= 15 is 0 Å². The fourth-order valence-electron chi connectivity index (χ4n) is 10.5. The number of benzene rings is 8. The molecule has 0 fully saturated rings. The van der Waals surface area contributed by atoms with E-state index in [9.17, 15) is 0 Å². The van der Waals surface area contributed by atoms with Crippen LogP contribution < -0.4 is 4.90 Å². The Hall–Kier alpha value is -7.82. The van der Waals surface area contributed by atoms with E-state index in [0.29, 0.717) is 0 Å². The molecule has 11 aromatic rings. The largest absolute Gasteiger partial charge is 0.456 e. The SMILES string of the molecule is C1=Cc2c(ccc3c4ccccc4n(-c4ccc(C5=CC=C(N(c6ccc7c8ccccc8n(-c8ccccc8)c7c6)c6cccc7oc8ccccc8c67)CC5)cc4)c23)CC1. The Labute approximate surface area is 359 Å². The van der Waals surface area contributed by atoms with Gasteiger partial charge in [-0.15, -0.1) is 0 Å². The Morgan fingerprint density at radius 2 is 1.18 bits per heavy atom. The maximum atomic E-state index is 6.47. The predicted molar refractivity (Wildman–Crippen MR) is 260 cm³/mol. The van der Waals surface area contributed by atoms with Gasteiger partial charge in [-0.1, -0.05) is 127 Å². The molecule has 0 aliphatic heterocycles. The number of fused-ring (bicyclic) bond motifs is 11. The average molecular weight is 796 g/mol. The third-order valence-electron chi connectivity index (χ3n) is 13.3. The molecule has 0 N–H and O–H groups in total. The van der Waals surface area contributed by atoms with Crippen molar-refractivity contribution in [2.45, 2.75) is 25.7 Å². The highest BCUT2D eigenvalue weighted by molar-refractivity contribution is 6.15. The molecule has 0 radical (unpaired) electrons. The molecular weight excluding hydrogens is 755 g/mol. The van der Waals surface area contributed by atoms with Gasteiger partial charge in [-0.05, 0) is 115 Å². The van der Waals surface area contributed by atoms with Crippen LogP contribution in [0.25, 0.3) is 88.6 Å². The van der Waals surface area contributed by atoms with Crippen molar-refractivity contribution < 1.29 is 4.42 Å². The first-order valence-electron chi connectivity index (χ1n) is 21.8. The molecular formula is C58H41N3O. The van der Waals surface area contributed by atoms with Crippen molar-refractivity contribution in [3.8, 4) is 11.4 Å². The number of nitrogens with zero attached hydrogens (tertiary/aromatic N) is 3. The maximum absolute atomic E-state index is 6.47. The fraction of sp³-hybridized carbons (Fsp3) is 0.0690. The van der Waals surface area contributed by atoms with Crippen LogP contribution in [0, 0.1) is 0 Å². The van der Waals surface area contributed by atoms with Crippen molar-refractivity contribution in [3.05, 3.63) is 217 Å².